The van der Waals surface area contributed by atoms with Crippen molar-refractivity contribution in [2.75, 3.05) is 12.4 Å². The number of carbonyl (C=O) groups is 1. The number of furan rings is 1. The maximum atomic E-state index is 13.2. The monoisotopic (exact) mass is 299 g/mol. The third-order valence-corrected chi connectivity index (χ3v) is 3.37. The SMILES string of the molecule is COc1cccc2cc(C(=O)Nc3ccc(F)c(C)c3)oc12. The standard InChI is InChI=1S/C17H14FNO3/c1-10-8-12(6-7-13(10)18)19-17(20)15-9-11-4-3-5-14(21-2)16(11)22-15/h3-9H,1-2H3,(H,19,20). The summed E-state index contributed by atoms with van der Waals surface area (Å²) >= 11 is 0. The molecule has 0 saturated carbocycles. The van der Waals surface area contributed by atoms with Crippen LogP contribution in [0.1, 0.15) is 16.1 Å². The molecule has 1 amide bonds. The van der Waals surface area contributed by atoms with E-state index in [1.807, 2.05) is 12.1 Å². The number of anilines is 1. The van der Waals surface area contributed by atoms with E-state index >= 15 is 0 Å². The Hall–Kier alpha value is -2.82. The second kappa shape index (κ2) is 5.52. The lowest BCUT2D eigenvalue weighted by molar-refractivity contribution is 0.0998. The number of benzene rings is 2. The number of para-hydroxylation sites is 1. The maximum absolute atomic E-state index is 13.2. The summed E-state index contributed by atoms with van der Waals surface area (Å²) in [5.74, 6) is 0.0198. The van der Waals surface area contributed by atoms with Crippen molar-refractivity contribution in [2.45, 2.75) is 6.92 Å². The summed E-state index contributed by atoms with van der Waals surface area (Å²) in [7, 11) is 1.54. The fourth-order valence-corrected chi connectivity index (χ4v) is 2.22. The van der Waals surface area contributed by atoms with Gasteiger partial charge < -0.3 is 14.5 Å². The van der Waals surface area contributed by atoms with E-state index < -0.39 is 5.91 Å². The first-order chi connectivity index (χ1) is 10.6. The van der Waals surface area contributed by atoms with Gasteiger partial charge in [0.1, 0.15) is 5.82 Å². The number of hydrogen-bond acceptors (Lipinski definition) is 3. The van der Waals surface area contributed by atoms with Gasteiger partial charge in [-0.3, -0.25) is 4.79 Å². The van der Waals surface area contributed by atoms with E-state index in [2.05, 4.69) is 5.32 Å². The second-order valence-corrected chi connectivity index (χ2v) is 4.91. The van der Waals surface area contributed by atoms with Crippen LogP contribution in [0.5, 0.6) is 5.75 Å². The summed E-state index contributed by atoms with van der Waals surface area (Å²) in [6.45, 7) is 1.64. The number of fused-ring (bicyclic) bond motifs is 1. The maximum Gasteiger partial charge on any atom is 0.291 e. The molecule has 0 atom stereocenters. The van der Waals surface area contributed by atoms with Gasteiger partial charge in [0, 0.05) is 11.1 Å². The average molecular weight is 299 g/mol. The van der Waals surface area contributed by atoms with Crippen molar-refractivity contribution in [3.05, 3.63) is 59.6 Å². The third-order valence-electron chi connectivity index (χ3n) is 3.37. The fraction of sp³-hybridized carbons (Fsp3) is 0.118. The van der Waals surface area contributed by atoms with Crippen molar-refractivity contribution < 1.29 is 18.3 Å². The summed E-state index contributed by atoms with van der Waals surface area (Å²) in [5, 5.41) is 3.46. The predicted octanol–water partition coefficient (Wildman–Crippen LogP) is 4.14. The van der Waals surface area contributed by atoms with Crippen LogP contribution in [0.4, 0.5) is 10.1 Å². The van der Waals surface area contributed by atoms with Gasteiger partial charge in [-0.15, -0.1) is 0 Å². The third kappa shape index (κ3) is 2.53. The number of nitrogens with one attached hydrogen (secondary N) is 1. The molecule has 3 rings (SSSR count). The minimum atomic E-state index is -0.399. The van der Waals surface area contributed by atoms with E-state index in [1.165, 1.54) is 12.1 Å². The highest BCUT2D eigenvalue weighted by Crippen LogP contribution is 2.28. The average Bonchev–Trinajstić information content (AvgIpc) is 2.95. The van der Waals surface area contributed by atoms with Gasteiger partial charge in [-0.25, -0.2) is 4.39 Å². The molecule has 22 heavy (non-hydrogen) atoms. The zero-order valence-electron chi connectivity index (χ0n) is 12.1. The van der Waals surface area contributed by atoms with Crippen molar-refractivity contribution in [3.63, 3.8) is 0 Å². The van der Waals surface area contributed by atoms with Crippen molar-refractivity contribution >= 4 is 22.6 Å². The Labute approximate surface area is 126 Å². The topological polar surface area (TPSA) is 51.5 Å². The molecule has 3 aromatic rings. The number of carbonyl (C=O) groups excluding carboxylic acids is 1. The number of rotatable bonds is 3. The van der Waals surface area contributed by atoms with Crippen LogP contribution in [-0.4, -0.2) is 13.0 Å². The summed E-state index contributed by atoms with van der Waals surface area (Å²) < 4.78 is 24.0. The number of ether oxygens (including phenoxy) is 1. The molecule has 0 radical (unpaired) electrons. The minimum absolute atomic E-state index is 0.168. The van der Waals surface area contributed by atoms with Gasteiger partial charge in [-0.1, -0.05) is 12.1 Å². The lowest BCUT2D eigenvalue weighted by atomic mass is 10.2. The Morgan fingerprint density at radius 2 is 2.05 bits per heavy atom. The van der Waals surface area contributed by atoms with Crippen LogP contribution in [0.25, 0.3) is 11.0 Å². The van der Waals surface area contributed by atoms with E-state index in [0.717, 1.165) is 5.39 Å². The van der Waals surface area contributed by atoms with Crippen molar-refractivity contribution in [2.24, 2.45) is 0 Å². The van der Waals surface area contributed by atoms with Crippen LogP contribution in [0, 0.1) is 12.7 Å². The molecule has 0 aliphatic carbocycles. The molecule has 1 heterocycles. The highest BCUT2D eigenvalue weighted by molar-refractivity contribution is 6.05. The van der Waals surface area contributed by atoms with E-state index in [0.29, 0.717) is 22.6 Å². The van der Waals surface area contributed by atoms with Gasteiger partial charge in [0.05, 0.1) is 7.11 Å². The molecule has 4 nitrogen and oxygen atoms in total. The van der Waals surface area contributed by atoms with Gasteiger partial charge in [0.2, 0.25) is 0 Å². The second-order valence-electron chi connectivity index (χ2n) is 4.91. The number of halogens is 1. The molecule has 2 aromatic carbocycles. The largest absolute Gasteiger partial charge is 0.493 e. The Kier molecular flexibility index (Phi) is 3.55. The molecule has 0 aliphatic heterocycles. The fourth-order valence-electron chi connectivity index (χ4n) is 2.22. The Balaban J connectivity index is 1.90. The quantitative estimate of drug-likeness (QED) is 0.790. The normalized spacial score (nSPS) is 10.7. The summed E-state index contributed by atoms with van der Waals surface area (Å²) in [6.07, 6.45) is 0. The highest BCUT2D eigenvalue weighted by Gasteiger charge is 2.15. The lowest BCUT2D eigenvalue weighted by Gasteiger charge is -2.04. The number of aryl methyl sites for hydroxylation is 1. The molecular formula is C17H14FNO3. The van der Waals surface area contributed by atoms with Crippen molar-refractivity contribution in [1.82, 2.24) is 0 Å². The first-order valence-electron chi connectivity index (χ1n) is 6.72. The molecule has 0 fully saturated rings. The van der Waals surface area contributed by atoms with Gasteiger partial charge in [0.15, 0.2) is 17.1 Å². The first-order valence-corrected chi connectivity index (χ1v) is 6.72. The molecule has 0 saturated heterocycles. The van der Waals surface area contributed by atoms with Gasteiger partial charge in [0.25, 0.3) is 5.91 Å². The van der Waals surface area contributed by atoms with Crippen molar-refractivity contribution in [3.8, 4) is 5.75 Å². The van der Waals surface area contributed by atoms with Gasteiger partial charge in [-0.2, -0.15) is 0 Å². The molecule has 1 N–H and O–H groups in total. The van der Waals surface area contributed by atoms with Crippen LogP contribution < -0.4 is 10.1 Å². The van der Waals surface area contributed by atoms with Crippen LogP contribution in [0.3, 0.4) is 0 Å². The zero-order chi connectivity index (χ0) is 15.7. The summed E-state index contributed by atoms with van der Waals surface area (Å²) in [5.41, 5.74) is 1.49. The molecule has 0 bridgehead atoms. The van der Waals surface area contributed by atoms with Crippen LogP contribution in [0.2, 0.25) is 0 Å². The lowest BCUT2D eigenvalue weighted by Crippen LogP contribution is -2.11. The summed E-state index contributed by atoms with van der Waals surface area (Å²) in [4.78, 5) is 12.2. The molecule has 1 aromatic heterocycles. The Morgan fingerprint density at radius 3 is 2.77 bits per heavy atom. The Bertz CT molecular complexity index is 854. The van der Waals surface area contributed by atoms with Gasteiger partial charge in [-0.05, 0) is 42.8 Å². The van der Waals surface area contributed by atoms with Crippen LogP contribution in [0.15, 0.2) is 46.9 Å². The molecule has 0 aliphatic rings. The number of methoxy groups -OCH3 is 1. The zero-order valence-corrected chi connectivity index (χ0v) is 12.1. The number of amides is 1. The van der Waals surface area contributed by atoms with E-state index in [-0.39, 0.29) is 11.6 Å². The van der Waals surface area contributed by atoms with Crippen molar-refractivity contribution in [1.29, 1.82) is 0 Å². The van der Waals surface area contributed by atoms with E-state index in [4.69, 9.17) is 9.15 Å². The molecule has 0 unspecified atom stereocenters. The molecular weight excluding hydrogens is 285 g/mol. The van der Waals surface area contributed by atoms with Gasteiger partial charge >= 0.3 is 0 Å². The molecule has 0 spiro atoms. The first kappa shape index (κ1) is 14.1. The highest BCUT2D eigenvalue weighted by atomic mass is 19.1. The van der Waals surface area contributed by atoms with E-state index in [1.54, 1.807) is 32.2 Å². The molecule has 5 heteroatoms. The number of hydrogen-bond donors (Lipinski definition) is 1. The van der Waals surface area contributed by atoms with E-state index in [9.17, 15) is 9.18 Å². The van der Waals surface area contributed by atoms with Crippen LogP contribution >= 0.6 is 0 Å². The van der Waals surface area contributed by atoms with Crippen LogP contribution in [-0.2, 0) is 0 Å². The smallest absolute Gasteiger partial charge is 0.291 e. The Morgan fingerprint density at radius 1 is 1.23 bits per heavy atom. The minimum Gasteiger partial charge on any atom is -0.493 e. The predicted molar refractivity (Wildman–Crippen MR) is 81.9 cm³/mol. The summed E-state index contributed by atoms with van der Waals surface area (Å²) in [6, 6.07) is 11.4. The molecule has 112 valence electrons.